The first kappa shape index (κ1) is 11.9. The maximum atomic E-state index is 5.61. The van der Waals surface area contributed by atoms with Crippen LogP contribution in [0, 0.1) is 5.92 Å². The van der Waals surface area contributed by atoms with Crippen LogP contribution >= 0.6 is 12.2 Å². The first-order valence-corrected chi connectivity index (χ1v) is 6.88. The fourth-order valence-electron chi connectivity index (χ4n) is 3.00. The van der Waals surface area contributed by atoms with Crippen LogP contribution in [0.15, 0.2) is 18.3 Å². The van der Waals surface area contributed by atoms with Gasteiger partial charge in [0.15, 0.2) is 0 Å². The first-order valence-electron chi connectivity index (χ1n) is 6.47. The number of aromatic nitrogens is 1. The summed E-state index contributed by atoms with van der Waals surface area (Å²) in [6.45, 7) is 3.67. The van der Waals surface area contributed by atoms with Crippen LogP contribution in [0.2, 0.25) is 0 Å². The van der Waals surface area contributed by atoms with Gasteiger partial charge in [-0.3, -0.25) is 4.98 Å². The minimum absolute atomic E-state index is 0.354. The van der Waals surface area contributed by atoms with Crippen LogP contribution in [-0.2, 0) is 0 Å². The second-order valence-corrected chi connectivity index (χ2v) is 5.62. The van der Waals surface area contributed by atoms with Crippen molar-refractivity contribution >= 4 is 22.9 Å². The van der Waals surface area contributed by atoms with Gasteiger partial charge in [-0.2, -0.15) is 0 Å². The number of hydrogen-bond acceptors (Lipinski definition) is 4. The van der Waals surface area contributed by atoms with Crippen LogP contribution in [0.4, 0.5) is 5.69 Å². The average Bonchev–Trinajstić information content (AvgIpc) is 2.40. The van der Waals surface area contributed by atoms with Crippen molar-refractivity contribution in [3.05, 3.63) is 24.0 Å². The van der Waals surface area contributed by atoms with Crippen molar-refractivity contribution in [3.63, 3.8) is 0 Å². The molecule has 1 atom stereocenters. The number of hydrogen-bond donors (Lipinski definition) is 2. The normalized spacial score (nSPS) is 30.1. The fourth-order valence-corrected chi connectivity index (χ4v) is 3.11. The molecule has 1 unspecified atom stereocenters. The van der Waals surface area contributed by atoms with Crippen LogP contribution in [0.3, 0.4) is 0 Å². The van der Waals surface area contributed by atoms with Crippen LogP contribution in [0.25, 0.3) is 0 Å². The molecule has 0 spiro atoms. The van der Waals surface area contributed by atoms with Gasteiger partial charge in [0, 0.05) is 24.5 Å². The van der Waals surface area contributed by atoms with E-state index in [1.165, 1.54) is 25.9 Å². The van der Waals surface area contributed by atoms with Crippen molar-refractivity contribution < 1.29 is 0 Å². The molecule has 0 radical (unpaired) electrons. The Morgan fingerprint density at radius 1 is 1.44 bits per heavy atom. The largest absolute Gasteiger partial charge is 0.388 e. The first-order chi connectivity index (χ1) is 8.72. The molecule has 3 aliphatic rings. The van der Waals surface area contributed by atoms with Crippen molar-refractivity contribution in [2.45, 2.75) is 18.9 Å². The number of thiocarbonyl (C=S) groups is 1. The van der Waals surface area contributed by atoms with E-state index >= 15 is 0 Å². The van der Waals surface area contributed by atoms with Gasteiger partial charge >= 0.3 is 0 Å². The summed E-state index contributed by atoms with van der Waals surface area (Å²) in [4.78, 5) is 7.05. The number of nitrogens with two attached hydrogens (primary N) is 1. The Bertz CT molecular complexity index is 454. The smallest absolute Gasteiger partial charge is 0.122 e. The second kappa shape index (κ2) is 4.82. The van der Waals surface area contributed by atoms with E-state index in [1.807, 2.05) is 12.1 Å². The maximum absolute atomic E-state index is 5.61. The van der Waals surface area contributed by atoms with E-state index < -0.39 is 0 Å². The molecule has 0 aromatic carbocycles. The van der Waals surface area contributed by atoms with Gasteiger partial charge in [0.2, 0.25) is 0 Å². The van der Waals surface area contributed by atoms with E-state index in [4.69, 9.17) is 18.0 Å². The monoisotopic (exact) mass is 262 g/mol. The summed E-state index contributed by atoms with van der Waals surface area (Å²) in [6, 6.07) is 4.48. The lowest BCUT2D eigenvalue weighted by Crippen LogP contribution is -2.53. The van der Waals surface area contributed by atoms with Gasteiger partial charge in [0.1, 0.15) is 4.99 Å². The summed E-state index contributed by atoms with van der Waals surface area (Å²) in [7, 11) is 0. The van der Waals surface area contributed by atoms with Crippen LogP contribution in [-0.4, -0.2) is 40.5 Å². The van der Waals surface area contributed by atoms with Gasteiger partial charge in [0.25, 0.3) is 0 Å². The third kappa shape index (κ3) is 2.33. The molecule has 3 saturated heterocycles. The number of rotatable bonds is 3. The van der Waals surface area contributed by atoms with Crippen LogP contribution < -0.4 is 11.1 Å². The minimum Gasteiger partial charge on any atom is -0.388 e. The van der Waals surface area contributed by atoms with Crippen LogP contribution in [0.1, 0.15) is 18.5 Å². The van der Waals surface area contributed by atoms with Crippen molar-refractivity contribution in [1.82, 2.24) is 9.88 Å². The third-order valence-electron chi connectivity index (χ3n) is 4.02. The Balaban J connectivity index is 1.72. The lowest BCUT2D eigenvalue weighted by Gasteiger charge is -2.45. The third-order valence-corrected chi connectivity index (χ3v) is 4.23. The Labute approximate surface area is 113 Å². The number of piperidine rings is 3. The number of nitrogens with one attached hydrogen (secondary N) is 1. The Morgan fingerprint density at radius 2 is 2.22 bits per heavy atom. The van der Waals surface area contributed by atoms with Gasteiger partial charge in [-0.25, -0.2) is 0 Å². The molecule has 3 fully saturated rings. The predicted molar refractivity (Wildman–Crippen MR) is 76.7 cm³/mol. The summed E-state index contributed by atoms with van der Waals surface area (Å²) in [5, 5.41) is 3.61. The summed E-state index contributed by atoms with van der Waals surface area (Å²) in [5.41, 5.74) is 7.38. The molecular weight excluding hydrogens is 244 g/mol. The van der Waals surface area contributed by atoms with E-state index in [0.717, 1.165) is 18.2 Å². The van der Waals surface area contributed by atoms with Crippen LogP contribution in [0.5, 0.6) is 0 Å². The number of anilines is 1. The summed E-state index contributed by atoms with van der Waals surface area (Å²) in [5.74, 6) is 0.802. The van der Waals surface area contributed by atoms with E-state index in [9.17, 15) is 0 Å². The van der Waals surface area contributed by atoms with Gasteiger partial charge in [-0.15, -0.1) is 0 Å². The molecule has 4 heterocycles. The van der Waals surface area contributed by atoms with E-state index in [2.05, 4.69) is 15.2 Å². The zero-order chi connectivity index (χ0) is 12.5. The van der Waals surface area contributed by atoms with Crippen molar-refractivity contribution in [1.29, 1.82) is 0 Å². The molecule has 3 N–H and O–H groups in total. The molecule has 3 aliphatic heterocycles. The standard InChI is InChI=1S/C13H18N4S/c14-13(18)11-7-10(1-4-15-11)16-12-8-17-5-2-9(12)3-6-17/h1,4,7,9,12H,2-3,5-6,8H2,(H2,14,18)(H,15,16). The zero-order valence-corrected chi connectivity index (χ0v) is 11.1. The zero-order valence-electron chi connectivity index (χ0n) is 10.3. The fraction of sp³-hybridized carbons (Fsp3) is 0.538. The highest BCUT2D eigenvalue weighted by molar-refractivity contribution is 7.80. The van der Waals surface area contributed by atoms with E-state index in [-0.39, 0.29) is 0 Å². The molecule has 1 aromatic heterocycles. The summed E-state index contributed by atoms with van der Waals surface area (Å²) >= 11 is 4.96. The Morgan fingerprint density at radius 3 is 2.83 bits per heavy atom. The second-order valence-electron chi connectivity index (χ2n) is 5.18. The van der Waals surface area contributed by atoms with Gasteiger partial charge in [-0.05, 0) is 44.0 Å². The molecular formula is C13H18N4S. The lowest BCUT2D eigenvalue weighted by atomic mass is 9.84. The Kier molecular flexibility index (Phi) is 3.18. The van der Waals surface area contributed by atoms with Gasteiger partial charge in [0.05, 0.1) is 5.69 Å². The molecule has 0 amide bonds. The van der Waals surface area contributed by atoms with Gasteiger partial charge in [-0.1, -0.05) is 12.2 Å². The topological polar surface area (TPSA) is 54.2 Å². The molecule has 96 valence electrons. The minimum atomic E-state index is 0.354. The van der Waals surface area contributed by atoms with E-state index in [1.54, 1.807) is 6.20 Å². The number of fused-ring (bicyclic) bond motifs is 3. The maximum Gasteiger partial charge on any atom is 0.122 e. The van der Waals surface area contributed by atoms with Crippen molar-refractivity contribution in [2.75, 3.05) is 25.0 Å². The number of pyridine rings is 1. The summed E-state index contributed by atoms with van der Waals surface area (Å²) in [6.07, 6.45) is 4.38. The SMILES string of the molecule is NC(=S)c1cc(NC2CN3CCC2CC3)ccn1. The molecule has 0 saturated carbocycles. The Hall–Kier alpha value is -1.20. The highest BCUT2D eigenvalue weighted by atomic mass is 32.1. The van der Waals surface area contributed by atoms with Crippen molar-refractivity contribution in [3.8, 4) is 0 Å². The molecule has 0 aliphatic carbocycles. The average molecular weight is 262 g/mol. The summed E-state index contributed by atoms with van der Waals surface area (Å²) < 4.78 is 0. The van der Waals surface area contributed by atoms with Crippen molar-refractivity contribution in [2.24, 2.45) is 11.7 Å². The highest BCUT2D eigenvalue weighted by Crippen LogP contribution is 2.29. The molecule has 18 heavy (non-hydrogen) atoms. The predicted octanol–water partition coefficient (Wildman–Crippen LogP) is 1.22. The highest BCUT2D eigenvalue weighted by Gasteiger charge is 2.33. The lowest BCUT2D eigenvalue weighted by molar-refractivity contribution is 0.0975. The molecule has 4 rings (SSSR count). The number of nitrogens with zero attached hydrogens (tertiary/aromatic N) is 2. The van der Waals surface area contributed by atoms with Gasteiger partial charge < -0.3 is 16.0 Å². The quantitative estimate of drug-likeness (QED) is 0.802. The molecule has 4 nitrogen and oxygen atoms in total. The van der Waals surface area contributed by atoms with E-state index in [0.29, 0.717) is 16.7 Å². The molecule has 5 heteroatoms. The molecule has 2 bridgehead atoms. The molecule has 1 aromatic rings.